The highest BCUT2D eigenvalue weighted by molar-refractivity contribution is 5.98. The number of aromatic nitrogens is 2. The molecule has 0 saturated carbocycles. The monoisotopic (exact) mass is 393 g/mol. The van der Waals surface area contributed by atoms with Crippen LogP contribution in [0, 0.1) is 11.2 Å². The number of anilines is 1. The van der Waals surface area contributed by atoms with Gasteiger partial charge in [0.15, 0.2) is 5.82 Å². The molecule has 2 heterocycles. The molecule has 0 unspecified atom stereocenters. The number of carbonyl (C=O) groups excluding carboxylic acids is 1. The van der Waals surface area contributed by atoms with Crippen molar-refractivity contribution in [3.05, 3.63) is 54.0 Å². The van der Waals surface area contributed by atoms with Gasteiger partial charge in [0.05, 0.1) is 11.1 Å². The summed E-state index contributed by atoms with van der Waals surface area (Å²) in [7, 11) is 0. The van der Waals surface area contributed by atoms with Gasteiger partial charge in [0.25, 0.3) is 0 Å². The molecule has 8 heteroatoms. The van der Waals surface area contributed by atoms with Crippen LogP contribution < -0.4 is 5.32 Å². The molecular formula is C20H19F4N3O. The number of benzene rings is 1. The van der Waals surface area contributed by atoms with Crippen LogP contribution in [0.1, 0.15) is 32.9 Å². The van der Waals surface area contributed by atoms with Gasteiger partial charge in [-0.05, 0) is 35.2 Å². The van der Waals surface area contributed by atoms with E-state index in [1.54, 1.807) is 0 Å². The second-order valence-corrected chi connectivity index (χ2v) is 7.72. The lowest BCUT2D eigenvalue weighted by Crippen LogP contribution is -2.20. The fourth-order valence-corrected chi connectivity index (χ4v) is 2.93. The summed E-state index contributed by atoms with van der Waals surface area (Å²) in [6.07, 6.45) is -4.46. The van der Waals surface area contributed by atoms with Crippen LogP contribution in [-0.4, -0.2) is 15.5 Å². The first-order valence-corrected chi connectivity index (χ1v) is 8.60. The quantitative estimate of drug-likeness (QED) is 0.595. The fraction of sp³-hybridized carbons (Fsp3) is 0.300. The van der Waals surface area contributed by atoms with E-state index >= 15 is 0 Å². The second-order valence-electron chi connectivity index (χ2n) is 7.72. The standard InChI is InChI=1S/C20H19F4N3O/c1-19(2,3)11-16(28)25-18-17(12-7-9-13(21)10-8-12)14-5-4-6-15(20(22,23)24)27(14)26-18/h4-10H,11H2,1-3H3,(H,25,26,28). The third-order valence-corrected chi connectivity index (χ3v) is 4.03. The Balaban J connectivity index is 2.19. The molecule has 3 rings (SSSR count). The summed E-state index contributed by atoms with van der Waals surface area (Å²) in [5.41, 5.74) is -0.372. The number of halogens is 4. The summed E-state index contributed by atoms with van der Waals surface area (Å²) in [5, 5.41) is 6.64. The van der Waals surface area contributed by atoms with Gasteiger partial charge in [0, 0.05) is 6.42 Å². The van der Waals surface area contributed by atoms with Gasteiger partial charge in [0.2, 0.25) is 5.91 Å². The summed E-state index contributed by atoms with van der Waals surface area (Å²) in [4.78, 5) is 12.4. The van der Waals surface area contributed by atoms with E-state index in [0.29, 0.717) is 11.1 Å². The molecule has 0 radical (unpaired) electrons. The van der Waals surface area contributed by atoms with Gasteiger partial charge in [-0.15, -0.1) is 5.10 Å². The smallest absolute Gasteiger partial charge is 0.309 e. The van der Waals surface area contributed by atoms with Crippen molar-refractivity contribution in [2.75, 3.05) is 5.32 Å². The normalized spacial score (nSPS) is 12.4. The molecule has 0 aliphatic carbocycles. The molecule has 28 heavy (non-hydrogen) atoms. The number of fused-ring (bicyclic) bond motifs is 1. The van der Waals surface area contributed by atoms with Crippen LogP contribution in [0.25, 0.3) is 16.6 Å². The lowest BCUT2D eigenvalue weighted by molar-refractivity contribution is -0.142. The number of nitrogens with one attached hydrogen (secondary N) is 1. The molecule has 1 N–H and O–H groups in total. The van der Waals surface area contributed by atoms with E-state index in [1.807, 2.05) is 20.8 Å². The summed E-state index contributed by atoms with van der Waals surface area (Å²) in [6, 6.07) is 8.93. The largest absolute Gasteiger partial charge is 0.433 e. The van der Waals surface area contributed by atoms with E-state index in [-0.39, 0.29) is 29.1 Å². The van der Waals surface area contributed by atoms with Crippen LogP contribution in [0.5, 0.6) is 0 Å². The Morgan fingerprint density at radius 1 is 1.07 bits per heavy atom. The first kappa shape index (κ1) is 19.9. The Morgan fingerprint density at radius 3 is 2.29 bits per heavy atom. The van der Waals surface area contributed by atoms with E-state index in [0.717, 1.165) is 10.6 Å². The topological polar surface area (TPSA) is 46.4 Å². The molecule has 4 nitrogen and oxygen atoms in total. The summed E-state index contributed by atoms with van der Waals surface area (Å²) in [6.45, 7) is 5.62. The number of carbonyl (C=O) groups is 1. The number of amides is 1. The van der Waals surface area contributed by atoms with Crippen molar-refractivity contribution in [1.82, 2.24) is 9.61 Å². The zero-order chi connectivity index (χ0) is 20.7. The molecule has 1 amide bonds. The summed E-state index contributed by atoms with van der Waals surface area (Å²) >= 11 is 0. The van der Waals surface area contributed by atoms with E-state index in [4.69, 9.17) is 0 Å². The van der Waals surface area contributed by atoms with Crippen LogP contribution in [-0.2, 0) is 11.0 Å². The zero-order valence-electron chi connectivity index (χ0n) is 15.6. The lowest BCUT2D eigenvalue weighted by Gasteiger charge is -2.17. The zero-order valence-corrected chi connectivity index (χ0v) is 15.6. The number of rotatable bonds is 3. The van der Waals surface area contributed by atoms with Gasteiger partial charge in [-0.25, -0.2) is 8.91 Å². The molecular weight excluding hydrogens is 374 g/mol. The van der Waals surface area contributed by atoms with Crippen LogP contribution >= 0.6 is 0 Å². The molecule has 1 aromatic carbocycles. The van der Waals surface area contributed by atoms with E-state index < -0.39 is 17.7 Å². The molecule has 0 saturated heterocycles. The highest BCUT2D eigenvalue weighted by Crippen LogP contribution is 2.37. The molecule has 0 aliphatic rings. The predicted molar refractivity (Wildman–Crippen MR) is 98.3 cm³/mol. The second kappa shape index (κ2) is 6.92. The first-order valence-electron chi connectivity index (χ1n) is 8.60. The number of alkyl halides is 3. The van der Waals surface area contributed by atoms with E-state index in [2.05, 4.69) is 10.4 Å². The maximum atomic E-state index is 13.4. The van der Waals surface area contributed by atoms with Crippen LogP contribution in [0.2, 0.25) is 0 Å². The van der Waals surface area contributed by atoms with Crippen molar-refractivity contribution in [2.45, 2.75) is 33.4 Å². The van der Waals surface area contributed by atoms with Crippen LogP contribution in [0.4, 0.5) is 23.4 Å². The van der Waals surface area contributed by atoms with Crippen molar-refractivity contribution in [3.8, 4) is 11.1 Å². The molecule has 3 aromatic rings. The first-order chi connectivity index (χ1) is 13.0. The van der Waals surface area contributed by atoms with Gasteiger partial charge in [0.1, 0.15) is 11.5 Å². The van der Waals surface area contributed by atoms with Crippen LogP contribution in [0.15, 0.2) is 42.5 Å². The number of hydrogen-bond donors (Lipinski definition) is 1. The minimum atomic E-state index is -4.63. The van der Waals surface area contributed by atoms with Crippen LogP contribution in [0.3, 0.4) is 0 Å². The van der Waals surface area contributed by atoms with Crippen molar-refractivity contribution in [3.63, 3.8) is 0 Å². The van der Waals surface area contributed by atoms with Crippen molar-refractivity contribution >= 4 is 17.2 Å². The van der Waals surface area contributed by atoms with Gasteiger partial charge < -0.3 is 5.32 Å². The molecule has 0 atom stereocenters. The average molecular weight is 393 g/mol. The number of hydrogen-bond acceptors (Lipinski definition) is 2. The van der Waals surface area contributed by atoms with E-state index in [9.17, 15) is 22.4 Å². The maximum absolute atomic E-state index is 13.4. The molecule has 0 fully saturated rings. The lowest BCUT2D eigenvalue weighted by atomic mass is 9.92. The van der Waals surface area contributed by atoms with Crippen molar-refractivity contribution < 1.29 is 22.4 Å². The highest BCUT2D eigenvalue weighted by Gasteiger charge is 2.35. The third-order valence-electron chi connectivity index (χ3n) is 4.03. The molecule has 0 bridgehead atoms. The maximum Gasteiger partial charge on any atom is 0.433 e. The summed E-state index contributed by atoms with van der Waals surface area (Å²) < 4.78 is 54.3. The van der Waals surface area contributed by atoms with E-state index in [1.165, 1.54) is 36.4 Å². The van der Waals surface area contributed by atoms with Gasteiger partial charge in [-0.1, -0.05) is 39.0 Å². The van der Waals surface area contributed by atoms with Gasteiger partial charge >= 0.3 is 6.18 Å². The Morgan fingerprint density at radius 2 is 1.71 bits per heavy atom. The molecule has 148 valence electrons. The fourth-order valence-electron chi connectivity index (χ4n) is 2.93. The molecule has 0 aliphatic heterocycles. The molecule has 2 aromatic heterocycles. The Labute approximate surface area is 159 Å². The predicted octanol–water partition coefficient (Wildman–Crippen LogP) is 5.53. The SMILES string of the molecule is CC(C)(C)CC(=O)Nc1nn2c(C(F)(F)F)cccc2c1-c1ccc(F)cc1. The Kier molecular flexibility index (Phi) is 4.91. The average Bonchev–Trinajstić information content (AvgIpc) is 2.90. The third kappa shape index (κ3) is 4.16. The summed E-state index contributed by atoms with van der Waals surface area (Å²) in [5.74, 6) is -0.847. The van der Waals surface area contributed by atoms with Gasteiger partial charge in [-0.3, -0.25) is 4.79 Å². The number of nitrogens with zero attached hydrogens (tertiary/aromatic N) is 2. The van der Waals surface area contributed by atoms with Crippen molar-refractivity contribution in [1.29, 1.82) is 0 Å². The minimum absolute atomic E-state index is 0.00226. The molecule has 0 spiro atoms. The highest BCUT2D eigenvalue weighted by atomic mass is 19.4. The Bertz CT molecular complexity index is 1010. The van der Waals surface area contributed by atoms with Gasteiger partial charge in [-0.2, -0.15) is 13.2 Å². The number of pyridine rings is 1. The Hall–Kier alpha value is -2.90. The minimum Gasteiger partial charge on any atom is -0.309 e. The van der Waals surface area contributed by atoms with Crippen molar-refractivity contribution in [2.24, 2.45) is 5.41 Å².